The molecule has 0 spiro atoms. The lowest BCUT2D eigenvalue weighted by atomic mass is 9.94. The summed E-state index contributed by atoms with van der Waals surface area (Å²) < 4.78 is 11.0. The largest absolute Gasteiger partial charge is 0.494 e. The van der Waals surface area contributed by atoms with Crippen molar-refractivity contribution in [2.24, 2.45) is 0 Å². The fourth-order valence-electron chi connectivity index (χ4n) is 4.81. The van der Waals surface area contributed by atoms with Crippen LogP contribution < -0.4 is 20.3 Å². The number of anilines is 1. The molecular formula is C28H36N4O4. The van der Waals surface area contributed by atoms with Crippen molar-refractivity contribution in [3.05, 3.63) is 70.4 Å². The molecule has 36 heavy (non-hydrogen) atoms. The number of rotatable bonds is 8. The lowest BCUT2D eigenvalue weighted by Crippen LogP contribution is -2.52. The summed E-state index contributed by atoms with van der Waals surface area (Å²) in [5.74, 6) is 0.318. The number of piperazine rings is 1. The topological polar surface area (TPSA) is 83.1 Å². The van der Waals surface area contributed by atoms with Crippen LogP contribution in [0.3, 0.4) is 0 Å². The Kier molecular flexibility index (Phi) is 8.15. The smallest absolute Gasteiger partial charge is 0.338 e. The predicted octanol–water partition coefficient (Wildman–Crippen LogP) is 3.70. The predicted molar refractivity (Wildman–Crippen MR) is 140 cm³/mol. The maximum atomic E-state index is 13.1. The van der Waals surface area contributed by atoms with E-state index < -0.39 is 12.0 Å². The van der Waals surface area contributed by atoms with E-state index >= 15 is 0 Å². The number of amides is 2. The number of carbonyl (C=O) groups excluding carboxylic acids is 2. The number of hydrogen-bond donors (Lipinski definition) is 2. The summed E-state index contributed by atoms with van der Waals surface area (Å²) in [6, 6.07) is 12.9. The van der Waals surface area contributed by atoms with Crippen LogP contribution >= 0.6 is 0 Å². The van der Waals surface area contributed by atoms with Crippen LogP contribution in [0.1, 0.15) is 36.6 Å². The summed E-state index contributed by atoms with van der Waals surface area (Å²) in [5.41, 5.74) is 5.70. The van der Waals surface area contributed by atoms with Gasteiger partial charge >= 0.3 is 12.0 Å². The monoisotopic (exact) mass is 492 g/mol. The Bertz CT molecular complexity index is 1120. The number of urea groups is 1. The highest BCUT2D eigenvalue weighted by Gasteiger charge is 2.34. The number of nitrogens with one attached hydrogen (secondary N) is 2. The second-order valence-electron chi connectivity index (χ2n) is 9.13. The molecule has 0 aliphatic carbocycles. The Morgan fingerprint density at radius 2 is 1.72 bits per heavy atom. The Hall–Kier alpha value is -3.52. The van der Waals surface area contributed by atoms with Crippen molar-refractivity contribution >= 4 is 17.7 Å². The van der Waals surface area contributed by atoms with Gasteiger partial charge < -0.3 is 25.0 Å². The van der Waals surface area contributed by atoms with Crippen molar-refractivity contribution in [2.75, 3.05) is 50.8 Å². The molecule has 2 N–H and O–H groups in total. The van der Waals surface area contributed by atoms with E-state index in [0.717, 1.165) is 37.5 Å². The number of benzene rings is 2. The zero-order chi connectivity index (χ0) is 25.7. The molecule has 2 aromatic carbocycles. The number of aryl methyl sites for hydroxylation is 1. The van der Waals surface area contributed by atoms with Crippen molar-refractivity contribution < 1.29 is 19.1 Å². The van der Waals surface area contributed by atoms with Crippen molar-refractivity contribution in [1.29, 1.82) is 0 Å². The maximum Gasteiger partial charge on any atom is 0.338 e. The van der Waals surface area contributed by atoms with Crippen LogP contribution in [-0.4, -0.2) is 62.8 Å². The van der Waals surface area contributed by atoms with E-state index in [-0.39, 0.29) is 12.6 Å². The molecule has 8 heteroatoms. The lowest BCUT2D eigenvalue weighted by molar-refractivity contribution is -0.139. The Morgan fingerprint density at radius 1 is 1.00 bits per heavy atom. The molecule has 0 bridgehead atoms. The molecule has 2 heterocycles. The van der Waals surface area contributed by atoms with Crippen LogP contribution in [0.25, 0.3) is 0 Å². The van der Waals surface area contributed by atoms with Gasteiger partial charge in [0.15, 0.2) is 0 Å². The van der Waals surface area contributed by atoms with Gasteiger partial charge in [-0.2, -0.15) is 0 Å². The molecule has 0 aromatic heterocycles. The molecule has 2 aromatic rings. The van der Waals surface area contributed by atoms with E-state index in [1.807, 2.05) is 31.2 Å². The molecule has 0 unspecified atom stereocenters. The minimum absolute atomic E-state index is 0.258. The van der Waals surface area contributed by atoms with E-state index in [1.165, 1.54) is 16.8 Å². The number of hydrogen-bond acceptors (Lipinski definition) is 6. The number of esters is 1. The summed E-state index contributed by atoms with van der Waals surface area (Å²) in [7, 11) is 0. The van der Waals surface area contributed by atoms with E-state index in [1.54, 1.807) is 6.92 Å². The highest BCUT2D eigenvalue weighted by Crippen LogP contribution is 2.30. The Morgan fingerprint density at radius 3 is 2.39 bits per heavy atom. The zero-order valence-electron chi connectivity index (χ0n) is 21.6. The molecule has 1 saturated heterocycles. The highest BCUT2D eigenvalue weighted by molar-refractivity contribution is 5.95. The van der Waals surface area contributed by atoms with E-state index in [4.69, 9.17) is 9.47 Å². The highest BCUT2D eigenvalue weighted by atomic mass is 16.5. The minimum Gasteiger partial charge on any atom is -0.494 e. The quantitative estimate of drug-likeness (QED) is 0.547. The third kappa shape index (κ3) is 5.65. The van der Waals surface area contributed by atoms with E-state index in [2.05, 4.69) is 52.5 Å². The second kappa shape index (κ2) is 11.5. The first kappa shape index (κ1) is 25.6. The number of ether oxygens (including phenoxy) is 2. The molecule has 8 nitrogen and oxygen atoms in total. The van der Waals surface area contributed by atoms with Crippen LogP contribution in [0.2, 0.25) is 0 Å². The van der Waals surface area contributed by atoms with Gasteiger partial charge in [-0.25, -0.2) is 9.59 Å². The molecule has 2 amide bonds. The fourth-order valence-corrected chi connectivity index (χ4v) is 4.81. The van der Waals surface area contributed by atoms with Gasteiger partial charge in [0.05, 0.1) is 24.8 Å². The van der Waals surface area contributed by atoms with Gasteiger partial charge in [0, 0.05) is 44.1 Å². The first-order valence-corrected chi connectivity index (χ1v) is 12.6. The van der Waals surface area contributed by atoms with Crippen molar-refractivity contribution in [1.82, 2.24) is 15.5 Å². The summed E-state index contributed by atoms with van der Waals surface area (Å²) >= 11 is 0. The summed E-state index contributed by atoms with van der Waals surface area (Å²) in [6.45, 7) is 12.7. The summed E-state index contributed by atoms with van der Waals surface area (Å²) in [5, 5.41) is 5.80. The normalized spacial score (nSPS) is 18.5. The number of carbonyl (C=O) groups is 2. The SMILES string of the molecule is CCOC(=O)C1=C(CN2CCN(c3cccc(C)c3C)CC2)NC(=O)N[C@H]1c1ccc(OCC)cc1. The summed E-state index contributed by atoms with van der Waals surface area (Å²) in [6.07, 6.45) is 0. The standard InChI is InChI=1S/C28H36N4O4/c1-5-35-22-12-10-21(11-13-22)26-25(27(33)36-6-2)23(29-28(34)30-26)18-31-14-16-32(17-15-31)24-9-7-8-19(3)20(24)4/h7-13,26H,5-6,14-18H2,1-4H3,(H2,29,30,34)/t26-/m0/s1. The minimum atomic E-state index is -0.597. The molecule has 192 valence electrons. The number of nitrogens with zero attached hydrogens (tertiary/aromatic N) is 2. The molecule has 4 rings (SSSR count). The van der Waals surface area contributed by atoms with Crippen LogP contribution in [0.4, 0.5) is 10.5 Å². The fraction of sp³-hybridized carbons (Fsp3) is 0.429. The molecular weight excluding hydrogens is 456 g/mol. The van der Waals surface area contributed by atoms with Crippen molar-refractivity contribution in [3.8, 4) is 5.75 Å². The first-order chi connectivity index (χ1) is 17.4. The van der Waals surface area contributed by atoms with E-state index in [9.17, 15) is 9.59 Å². The van der Waals surface area contributed by atoms with Crippen LogP contribution in [0.5, 0.6) is 5.75 Å². The maximum absolute atomic E-state index is 13.1. The molecule has 1 fully saturated rings. The summed E-state index contributed by atoms with van der Waals surface area (Å²) in [4.78, 5) is 30.4. The molecule has 2 aliphatic rings. The Labute approximate surface area is 213 Å². The molecule has 0 radical (unpaired) electrons. The lowest BCUT2D eigenvalue weighted by Gasteiger charge is -2.38. The average Bonchev–Trinajstić information content (AvgIpc) is 2.87. The van der Waals surface area contributed by atoms with Crippen LogP contribution in [0, 0.1) is 13.8 Å². The van der Waals surface area contributed by atoms with Crippen molar-refractivity contribution in [3.63, 3.8) is 0 Å². The second-order valence-corrected chi connectivity index (χ2v) is 9.13. The van der Waals surface area contributed by atoms with Gasteiger partial charge in [0.25, 0.3) is 0 Å². The molecule has 0 saturated carbocycles. The van der Waals surface area contributed by atoms with Gasteiger partial charge in [-0.3, -0.25) is 4.90 Å². The van der Waals surface area contributed by atoms with E-state index in [0.29, 0.717) is 24.4 Å². The average molecular weight is 493 g/mol. The third-order valence-corrected chi connectivity index (χ3v) is 6.84. The molecule has 1 atom stereocenters. The van der Waals surface area contributed by atoms with Crippen LogP contribution in [0.15, 0.2) is 53.7 Å². The third-order valence-electron chi connectivity index (χ3n) is 6.84. The Balaban J connectivity index is 1.55. The van der Waals surface area contributed by atoms with Crippen molar-refractivity contribution in [2.45, 2.75) is 33.7 Å². The van der Waals surface area contributed by atoms with Gasteiger partial charge in [-0.05, 0) is 62.6 Å². The van der Waals surface area contributed by atoms with Gasteiger partial charge in [-0.15, -0.1) is 0 Å². The first-order valence-electron chi connectivity index (χ1n) is 12.6. The van der Waals surface area contributed by atoms with Crippen LogP contribution in [-0.2, 0) is 9.53 Å². The van der Waals surface area contributed by atoms with Gasteiger partial charge in [-0.1, -0.05) is 24.3 Å². The van der Waals surface area contributed by atoms with Gasteiger partial charge in [0.2, 0.25) is 0 Å². The zero-order valence-corrected chi connectivity index (χ0v) is 21.6. The molecule has 2 aliphatic heterocycles. The van der Waals surface area contributed by atoms with Gasteiger partial charge in [0.1, 0.15) is 5.75 Å².